The molecule has 0 aromatic carbocycles. The fourth-order valence-corrected chi connectivity index (χ4v) is 0.583. The van der Waals surface area contributed by atoms with Gasteiger partial charge in [-0.15, -0.1) is 0 Å². The summed E-state index contributed by atoms with van der Waals surface area (Å²) in [6.07, 6.45) is 2.25. The summed E-state index contributed by atoms with van der Waals surface area (Å²) in [6.45, 7) is 1.34. The maximum absolute atomic E-state index is 10.9. The Hall–Kier alpha value is -1.92. The molecule has 0 unspecified atom stereocenters. The van der Waals surface area contributed by atoms with Crippen molar-refractivity contribution in [3.05, 3.63) is 22.3 Å². The van der Waals surface area contributed by atoms with Gasteiger partial charge in [-0.25, -0.2) is 0 Å². The fourth-order valence-electron chi connectivity index (χ4n) is 0.583. The van der Waals surface area contributed by atoms with Gasteiger partial charge in [-0.2, -0.15) is 0 Å². The van der Waals surface area contributed by atoms with Crippen LogP contribution in [-0.4, -0.2) is 34.8 Å². The normalized spacial score (nSPS) is 14.0. The van der Waals surface area contributed by atoms with Crippen LogP contribution in [0.2, 0.25) is 0 Å². The molecule has 14 heavy (non-hydrogen) atoms. The first-order valence-electron chi connectivity index (χ1n) is 3.78. The number of nitro groups is 1. The average molecular weight is 201 g/mol. The molecule has 1 atom stereocenters. The largest absolute Gasteiger partial charge is 0.410 e. The molecule has 0 bridgehead atoms. The van der Waals surface area contributed by atoms with Gasteiger partial charge in [0.2, 0.25) is 6.04 Å². The lowest BCUT2D eigenvalue weighted by Gasteiger charge is -1.97. The van der Waals surface area contributed by atoms with E-state index >= 15 is 0 Å². The van der Waals surface area contributed by atoms with Crippen molar-refractivity contribution in [2.45, 2.75) is 13.0 Å². The SMILES string of the molecule is CNC(=O)C(/C=C/[C@@H](C)[N+](=O)[O-])=N\O. The van der Waals surface area contributed by atoms with E-state index in [2.05, 4.69) is 10.5 Å². The fraction of sp³-hybridized carbons (Fsp3) is 0.429. The Kier molecular flexibility index (Phi) is 4.90. The van der Waals surface area contributed by atoms with Crippen LogP contribution in [0.15, 0.2) is 17.3 Å². The van der Waals surface area contributed by atoms with Crippen LogP contribution in [0.4, 0.5) is 0 Å². The Labute approximate surface area is 80.2 Å². The lowest BCUT2D eigenvalue weighted by Crippen LogP contribution is -2.26. The van der Waals surface area contributed by atoms with Gasteiger partial charge in [0, 0.05) is 18.9 Å². The van der Waals surface area contributed by atoms with Gasteiger partial charge in [0.15, 0.2) is 5.71 Å². The number of carbonyl (C=O) groups excluding carboxylic acids is 1. The van der Waals surface area contributed by atoms with E-state index in [4.69, 9.17) is 5.21 Å². The number of nitrogens with zero attached hydrogens (tertiary/aromatic N) is 2. The van der Waals surface area contributed by atoms with Crippen molar-refractivity contribution in [3.8, 4) is 0 Å². The third kappa shape index (κ3) is 3.65. The minimum absolute atomic E-state index is 0.277. The third-order valence-corrected chi connectivity index (χ3v) is 1.43. The van der Waals surface area contributed by atoms with Crippen molar-refractivity contribution in [1.29, 1.82) is 0 Å². The van der Waals surface area contributed by atoms with Crippen molar-refractivity contribution < 1.29 is 14.9 Å². The Balaban J connectivity index is 4.48. The molecule has 0 fully saturated rings. The van der Waals surface area contributed by atoms with Crippen molar-refractivity contribution in [2.75, 3.05) is 7.05 Å². The Bertz CT molecular complexity index is 285. The van der Waals surface area contributed by atoms with Crippen LogP contribution < -0.4 is 5.32 Å². The standard InChI is InChI=1S/C7H11N3O4/c1-5(10(13)14)3-4-6(9-12)7(11)8-2/h3-5,12H,1-2H3,(H,8,11)/b4-3+,9-6-/t5-/m1/s1. The molecule has 0 aliphatic heterocycles. The molecular weight excluding hydrogens is 190 g/mol. The summed E-state index contributed by atoms with van der Waals surface area (Å²) in [5.74, 6) is -0.612. The minimum atomic E-state index is -0.934. The smallest absolute Gasteiger partial charge is 0.273 e. The van der Waals surface area contributed by atoms with Crippen molar-refractivity contribution in [2.24, 2.45) is 5.16 Å². The molecule has 7 nitrogen and oxygen atoms in total. The summed E-state index contributed by atoms with van der Waals surface area (Å²) >= 11 is 0. The lowest BCUT2D eigenvalue weighted by atomic mass is 10.2. The second-order valence-electron chi connectivity index (χ2n) is 2.45. The highest BCUT2D eigenvalue weighted by Gasteiger charge is 2.10. The van der Waals surface area contributed by atoms with Crippen LogP contribution in [0.25, 0.3) is 0 Å². The maximum Gasteiger partial charge on any atom is 0.273 e. The first kappa shape index (κ1) is 12.1. The number of rotatable bonds is 4. The van der Waals surface area contributed by atoms with Gasteiger partial charge in [0.05, 0.1) is 0 Å². The van der Waals surface area contributed by atoms with E-state index in [1.54, 1.807) is 0 Å². The summed E-state index contributed by atoms with van der Waals surface area (Å²) in [7, 11) is 1.36. The van der Waals surface area contributed by atoms with Gasteiger partial charge < -0.3 is 10.5 Å². The van der Waals surface area contributed by atoms with Crippen LogP contribution in [0.1, 0.15) is 6.92 Å². The van der Waals surface area contributed by atoms with E-state index in [9.17, 15) is 14.9 Å². The van der Waals surface area contributed by atoms with Crippen molar-refractivity contribution in [1.82, 2.24) is 5.32 Å². The predicted octanol–water partition coefficient (Wildman–Crippen LogP) is -0.216. The Morgan fingerprint density at radius 1 is 1.71 bits per heavy atom. The topological polar surface area (TPSA) is 105 Å². The molecule has 0 aliphatic carbocycles. The number of nitrogens with one attached hydrogen (secondary N) is 1. The quantitative estimate of drug-likeness (QED) is 0.284. The van der Waals surface area contributed by atoms with Gasteiger partial charge in [-0.05, 0) is 12.2 Å². The molecular formula is C7H11N3O4. The minimum Gasteiger partial charge on any atom is -0.410 e. The lowest BCUT2D eigenvalue weighted by molar-refractivity contribution is -0.504. The van der Waals surface area contributed by atoms with Crippen LogP contribution in [0.5, 0.6) is 0 Å². The molecule has 0 aromatic heterocycles. The molecule has 0 saturated heterocycles. The van der Waals surface area contributed by atoms with Crippen LogP contribution in [0, 0.1) is 10.1 Å². The van der Waals surface area contributed by atoms with Gasteiger partial charge >= 0.3 is 0 Å². The molecule has 0 heterocycles. The Morgan fingerprint density at radius 2 is 2.29 bits per heavy atom. The van der Waals surface area contributed by atoms with E-state index in [0.717, 1.165) is 12.2 Å². The molecule has 0 spiro atoms. The predicted molar refractivity (Wildman–Crippen MR) is 48.9 cm³/mol. The van der Waals surface area contributed by atoms with E-state index in [1.165, 1.54) is 14.0 Å². The van der Waals surface area contributed by atoms with Crippen molar-refractivity contribution >= 4 is 11.6 Å². The van der Waals surface area contributed by atoms with E-state index in [-0.39, 0.29) is 5.71 Å². The summed E-state index contributed by atoms with van der Waals surface area (Å²) in [5, 5.41) is 23.5. The van der Waals surface area contributed by atoms with Crippen LogP contribution >= 0.6 is 0 Å². The summed E-state index contributed by atoms with van der Waals surface area (Å²) < 4.78 is 0. The summed E-state index contributed by atoms with van der Waals surface area (Å²) in [4.78, 5) is 20.6. The van der Waals surface area contributed by atoms with Crippen molar-refractivity contribution in [3.63, 3.8) is 0 Å². The average Bonchev–Trinajstić information content (AvgIpc) is 2.17. The van der Waals surface area contributed by atoms with E-state index in [0.29, 0.717) is 0 Å². The number of oxime groups is 1. The first-order chi connectivity index (χ1) is 6.52. The molecule has 0 aliphatic rings. The molecule has 0 radical (unpaired) electrons. The number of hydrogen-bond donors (Lipinski definition) is 2. The molecule has 7 heteroatoms. The highest BCUT2D eigenvalue weighted by molar-refractivity contribution is 6.43. The molecule has 2 N–H and O–H groups in total. The van der Waals surface area contributed by atoms with Gasteiger partial charge in [-0.1, -0.05) is 5.16 Å². The van der Waals surface area contributed by atoms with Crippen LogP contribution in [0.3, 0.4) is 0 Å². The third-order valence-electron chi connectivity index (χ3n) is 1.43. The van der Waals surface area contributed by atoms with Gasteiger partial charge in [0.1, 0.15) is 0 Å². The van der Waals surface area contributed by atoms with E-state index < -0.39 is 16.9 Å². The number of carbonyl (C=O) groups is 1. The molecule has 1 amide bonds. The second kappa shape index (κ2) is 5.68. The summed E-state index contributed by atoms with van der Waals surface area (Å²) in [5.41, 5.74) is -0.277. The molecule has 0 saturated carbocycles. The molecule has 0 aromatic rings. The van der Waals surface area contributed by atoms with Gasteiger partial charge in [0.25, 0.3) is 5.91 Å². The number of hydrogen-bond acceptors (Lipinski definition) is 5. The molecule has 78 valence electrons. The zero-order valence-corrected chi connectivity index (χ0v) is 7.80. The highest BCUT2D eigenvalue weighted by atomic mass is 16.6. The van der Waals surface area contributed by atoms with E-state index in [1.807, 2.05) is 0 Å². The first-order valence-corrected chi connectivity index (χ1v) is 3.78. The monoisotopic (exact) mass is 201 g/mol. The Morgan fingerprint density at radius 3 is 2.64 bits per heavy atom. The summed E-state index contributed by atoms with van der Waals surface area (Å²) in [6, 6.07) is -0.934. The maximum atomic E-state index is 10.9. The van der Waals surface area contributed by atoms with Gasteiger partial charge in [-0.3, -0.25) is 14.9 Å². The number of amides is 1. The second-order valence-corrected chi connectivity index (χ2v) is 2.45. The highest BCUT2D eigenvalue weighted by Crippen LogP contribution is 1.92. The zero-order chi connectivity index (χ0) is 11.1. The zero-order valence-electron chi connectivity index (χ0n) is 7.80. The molecule has 0 rings (SSSR count). The van der Waals surface area contributed by atoms with Crippen LogP contribution in [-0.2, 0) is 4.79 Å².